The molecule has 0 amide bonds. The van der Waals surface area contributed by atoms with Crippen LogP contribution in [0.4, 0.5) is 0 Å². The van der Waals surface area contributed by atoms with E-state index < -0.39 is 16.0 Å². The summed E-state index contributed by atoms with van der Waals surface area (Å²) in [6.07, 6.45) is 0. The van der Waals surface area contributed by atoms with Gasteiger partial charge in [-0.15, -0.1) is 0 Å². The number of hydrogen-bond acceptors (Lipinski definition) is 5. The summed E-state index contributed by atoms with van der Waals surface area (Å²) in [5.74, 6) is -0.734. The first-order valence-electron chi connectivity index (χ1n) is 7.42. The van der Waals surface area contributed by atoms with Crippen LogP contribution in [0.25, 0.3) is 22.4 Å². The Morgan fingerprint density at radius 3 is 2.26 bits per heavy atom. The summed E-state index contributed by atoms with van der Waals surface area (Å²) in [7, 11) is -3.87. The number of aromatic nitrogens is 1. The standard InChI is InChI=1S/C17H12Cl2N2O5S/c1-8-6-13(21-26-8)14-11(7-12(17(22)23)15(18)16(14)19)9-2-4-10(5-3-9)27(20,24)25/h2-7H,1H3,(H,22,23)(H2,20,24,25). The van der Waals surface area contributed by atoms with Crippen LogP contribution in [0.3, 0.4) is 0 Å². The lowest BCUT2D eigenvalue weighted by Gasteiger charge is -2.14. The first-order chi connectivity index (χ1) is 12.6. The monoisotopic (exact) mass is 426 g/mol. The molecule has 0 atom stereocenters. The van der Waals surface area contributed by atoms with Gasteiger partial charge in [0.1, 0.15) is 11.5 Å². The fraction of sp³-hybridized carbons (Fsp3) is 0.0588. The number of aromatic carboxylic acids is 1. The average Bonchev–Trinajstić information content (AvgIpc) is 3.02. The van der Waals surface area contributed by atoms with Gasteiger partial charge in [-0.1, -0.05) is 40.5 Å². The Kier molecular flexibility index (Phi) is 5.00. The molecule has 140 valence electrons. The fourth-order valence-electron chi connectivity index (χ4n) is 2.57. The van der Waals surface area contributed by atoms with Crippen molar-refractivity contribution in [2.75, 3.05) is 0 Å². The highest BCUT2D eigenvalue weighted by molar-refractivity contribution is 7.89. The van der Waals surface area contributed by atoms with Crippen molar-refractivity contribution in [1.82, 2.24) is 5.16 Å². The molecule has 10 heteroatoms. The quantitative estimate of drug-likeness (QED) is 0.650. The SMILES string of the molecule is Cc1cc(-c2c(-c3ccc(S(N)(=O)=O)cc3)cc(C(=O)O)c(Cl)c2Cl)no1. The summed E-state index contributed by atoms with van der Waals surface area (Å²) in [5.41, 5.74) is 1.43. The number of hydrogen-bond donors (Lipinski definition) is 2. The molecule has 27 heavy (non-hydrogen) atoms. The summed E-state index contributed by atoms with van der Waals surface area (Å²) in [5, 5.41) is 18.3. The van der Waals surface area contributed by atoms with E-state index in [1.54, 1.807) is 13.0 Å². The average molecular weight is 427 g/mol. The number of carboxylic acids is 1. The van der Waals surface area contributed by atoms with Gasteiger partial charge in [-0.25, -0.2) is 18.4 Å². The molecular weight excluding hydrogens is 415 g/mol. The predicted molar refractivity (Wildman–Crippen MR) is 100 cm³/mol. The van der Waals surface area contributed by atoms with Gasteiger partial charge < -0.3 is 9.63 Å². The third kappa shape index (κ3) is 3.70. The van der Waals surface area contributed by atoms with E-state index in [0.717, 1.165) is 0 Å². The van der Waals surface area contributed by atoms with Crippen LogP contribution in [0, 0.1) is 6.92 Å². The molecule has 0 bridgehead atoms. The van der Waals surface area contributed by atoms with Crippen LogP contribution in [0.5, 0.6) is 0 Å². The number of sulfonamides is 1. The first kappa shape index (κ1) is 19.4. The van der Waals surface area contributed by atoms with Crippen molar-refractivity contribution in [3.8, 4) is 22.4 Å². The third-order valence-corrected chi connectivity index (χ3v) is 5.61. The number of aryl methyl sites for hydroxylation is 1. The van der Waals surface area contributed by atoms with Crippen molar-refractivity contribution in [3.63, 3.8) is 0 Å². The molecule has 0 spiro atoms. The number of nitrogens with zero attached hydrogens (tertiary/aromatic N) is 1. The molecule has 0 radical (unpaired) electrons. The van der Waals surface area contributed by atoms with E-state index in [0.29, 0.717) is 28.1 Å². The van der Waals surface area contributed by atoms with Crippen LogP contribution in [0.2, 0.25) is 10.0 Å². The molecule has 2 aromatic carbocycles. The van der Waals surface area contributed by atoms with Crippen LogP contribution in [0.15, 0.2) is 45.8 Å². The molecular formula is C17H12Cl2N2O5S. The third-order valence-electron chi connectivity index (χ3n) is 3.82. The lowest BCUT2D eigenvalue weighted by Crippen LogP contribution is -2.11. The van der Waals surface area contributed by atoms with Gasteiger partial charge >= 0.3 is 5.97 Å². The second-order valence-electron chi connectivity index (χ2n) is 5.67. The minimum Gasteiger partial charge on any atom is -0.478 e. The molecule has 0 fully saturated rings. The Labute approximate surface area is 164 Å². The van der Waals surface area contributed by atoms with Crippen LogP contribution in [-0.4, -0.2) is 24.7 Å². The van der Waals surface area contributed by atoms with E-state index >= 15 is 0 Å². The zero-order valence-corrected chi connectivity index (χ0v) is 16.1. The van der Waals surface area contributed by atoms with Gasteiger partial charge in [0.2, 0.25) is 10.0 Å². The number of primary sulfonamides is 1. The minimum absolute atomic E-state index is 0.00427. The zero-order valence-electron chi connectivity index (χ0n) is 13.7. The highest BCUT2D eigenvalue weighted by atomic mass is 35.5. The van der Waals surface area contributed by atoms with Crippen LogP contribution in [0.1, 0.15) is 16.1 Å². The Morgan fingerprint density at radius 1 is 1.15 bits per heavy atom. The Morgan fingerprint density at radius 2 is 1.78 bits per heavy atom. The van der Waals surface area contributed by atoms with Crippen molar-refractivity contribution in [3.05, 3.63) is 57.8 Å². The number of carboxylic acid groups (broad SMARTS) is 1. The summed E-state index contributed by atoms with van der Waals surface area (Å²) < 4.78 is 28.0. The number of benzene rings is 2. The summed E-state index contributed by atoms with van der Waals surface area (Å²) in [6.45, 7) is 1.69. The first-order valence-corrected chi connectivity index (χ1v) is 9.72. The van der Waals surface area contributed by atoms with E-state index in [4.69, 9.17) is 32.9 Å². The van der Waals surface area contributed by atoms with E-state index in [9.17, 15) is 18.3 Å². The number of nitrogens with two attached hydrogens (primary N) is 1. The minimum atomic E-state index is -3.87. The number of rotatable bonds is 4. The maximum atomic E-state index is 11.5. The van der Waals surface area contributed by atoms with Crippen molar-refractivity contribution < 1.29 is 22.8 Å². The largest absolute Gasteiger partial charge is 0.478 e. The van der Waals surface area contributed by atoms with Gasteiger partial charge in [-0.2, -0.15) is 0 Å². The molecule has 0 aliphatic carbocycles. The second-order valence-corrected chi connectivity index (χ2v) is 7.99. The van der Waals surface area contributed by atoms with Gasteiger partial charge in [-0.05, 0) is 36.2 Å². The number of carbonyl (C=O) groups is 1. The molecule has 3 rings (SSSR count). The molecule has 1 aromatic heterocycles. The maximum Gasteiger partial charge on any atom is 0.337 e. The van der Waals surface area contributed by atoms with Crippen LogP contribution < -0.4 is 5.14 Å². The van der Waals surface area contributed by atoms with E-state index in [2.05, 4.69) is 5.16 Å². The van der Waals surface area contributed by atoms with Crippen LogP contribution >= 0.6 is 23.2 Å². The smallest absolute Gasteiger partial charge is 0.337 e. The van der Waals surface area contributed by atoms with Gasteiger partial charge in [0.15, 0.2) is 0 Å². The molecule has 3 N–H and O–H groups in total. The topological polar surface area (TPSA) is 123 Å². The molecule has 0 saturated heterocycles. The molecule has 3 aromatic rings. The van der Waals surface area contributed by atoms with Crippen molar-refractivity contribution in [1.29, 1.82) is 0 Å². The Bertz CT molecular complexity index is 1150. The highest BCUT2D eigenvalue weighted by Gasteiger charge is 2.23. The maximum absolute atomic E-state index is 11.5. The zero-order chi connectivity index (χ0) is 19.9. The normalized spacial score (nSPS) is 11.6. The van der Waals surface area contributed by atoms with E-state index in [1.165, 1.54) is 30.3 Å². The predicted octanol–water partition coefficient (Wildman–Crippen LogP) is 3.97. The summed E-state index contributed by atoms with van der Waals surface area (Å²) in [6, 6.07) is 8.57. The molecule has 0 aliphatic rings. The van der Waals surface area contributed by atoms with Gasteiger partial charge in [0, 0.05) is 11.6 Å². The molecule has 7 nitrogen and oxygen atoms in total. The van der Waals surface area contributed by atoms with Crippen molar-refractivity contribution in [2.45, 2.75) is 11.8 Å². The van der Waals surface area contributed by atoms with E-state index in [-0.39, 0.29) is 20.5 Å². The van der Waals surface area contributed by atoms with E-state index in [1.807, 2.05) is 0 Å². The van der Waals surface area contributed by atoms with Crippen LogP contribution in [-0.2, 0) is 10.0 Å². The van der Waals surface area contributed by atoms with Gasteiger partial charge in [0.05, 0.1) is 20.5 Å². The van der Waals surface area contributed by atoms with Gasteiger partial charge in [0.25, 0.3) is 0 Å². The Hall–Kier alpha value is -2.39. The molecule has 1 heterocycles. The second kappa shape index (κ2) is 6.97. The fourth-order valence-corrected chi connectivity index (χ4v) is 3.61. The lowest BCUT2D eigenvalue weighted by atomic mass is 9.95. The summed E-state index contributed by atoms with van der Waals surface area (Å²) >= 11 is 12.5. The van der Waals surface area contributed by atoms with Crippen molar-refractivity contribution >= 4 is 39.2 Å². The number of halogens is 2. The molecule has 0 aliphatic heterocycles. The highest BCUT2D eigenvalue weighted by Crippen LogP contribution is 2.43. The van der Waals surface area contributed by atoms with Gasteiger partial charge in [-0.3, -0.25) is 0 Å². The van der Waals surface area contributed by atoms with Crippen molar-refractivity contribution in [2.24, 2.45) is 5.14 Å². The lowest BCUT2D eigenvalue weighted by molar-refractivity contribution is 0.0697. The Balaban J connectivity index is 2.31. The summed E-state index contributed by atoms with van der Waals surface area (Å²) in [4.78, 5) is 11.4. The molecule has 0 unspecified atom stereocenters. The molecule has 0 saturated carbocycles.